The van der Waals surface area contributed by atoms with Gasteiger partial charge in [0.05, 0.1) is 11.8 Å². The first-order valence-corrected chi connectivity index (χ1v) is 6.15. The first-order valence-electron chi connectivity index (χ1n) is 6.15. The van der Waals surface area contributed by atoms with Gasteiger partial charge < -0.3 is 19.4 Å². The van der Waals surface area contributed by atoms with Crippen molar-refractivity contribution in [1.82, 2.24) is 15.0 Å². The second-order valence-electron chi connectivity index (χ2n) is 5.01. The van der Waals surface area contributed by atoms with E-state index in [4.69, 9.17) is 9.63 Å². The summed E-state index contributed by atoms with van der Waals surface area (Å²) in [5.41, 5.74) is 0. The number of aromatic nitrogens is 2. The highest BCUT2D eigenvalue weighted by Crippen LogP contribution is 2.47. The molecular formula is C11H16N4O3. The summed E-state index contributed by atoms with van der Waals surface area (Å²) in [5.74, 6) is -0.146. The molecule has 2 heterocycles. The average molecular weight is 252 g/mol. The van der Waals surface area contributed by atoms with Gasteiger partial charge in [0, 0.05) is 26.2 Å². The Morgan fingerprint density at radius 3 is 2.72 bits per heavy atom. The van der Waals surface area contributed by atoms with Gasteiger partial charge in [-0.3, -0.25) is 4.79 Å². The van der Waals surface area contributed by atoms with E-state index in [0.717, 1.165) is 26.2 Å². The van der Waals surface area contributed by atoms with Crippen LogP contribution in [-0.2, 0) is 4.79 Å². The molecule has 18 heavy (non-hydrogen) atoms. The molecule has 0 amide bonds. The van der Waals surface area contributed by atoms with Crippen molar-refractivity contribution in [3.05, 3.63) is 5.89 Å². The van der Waals surface area contributed by atoms with Crippen molar-refractivity contribution in [2.45, 2.75) is 12.3 Å². The molecule has 1 aliphatic heterocycles. The van der Waals surface area contributed by atoms with Crippen molar-refractivity contribution < 1.29 is 14.4 Å². The quantitative estimate of drug-likeness (QED) is 0.811. The molecule has 2 aliphatic rings. The van der Waals surface area contributed by atoms with Crippen molar-refractivity contribution in [1.29, 1.82) is 0 Å². The lowest BCUT2D eigenvalue weighted by molar-refractivity contribution is -0.138. The highest BCUT2D eigenvalue weighted by Gasteiger charge is 2.48. The Bertz CT molecular complexity index is 453. The highest BCUT2D eigenvalue weighted by molar-refractivity contribution is 5.74. The smallest absolute Gasteiger partial charge is 0.307 e. The van der Waals surface area contributed by atoms with Crippen LogP contribution < -0.4 is 4.90 Å². The topological polar surface area (TPSA) is 82.7 Å². The van der Waals surface area contributed by atoms with Crippen LogP contribution in [0.2, 0.25) is 0 Å². The molecule has 7 nitrogen and oxygen atoms in total. The molecule has 2 atom stereocenters. The van der Waals surface area contributed by atoms with Gasteiger partial charge in [-0.1, -0.05) is 0 Å². The number of aliphatic carboxylic acids is 1. The van der Waals surface area contributed by atoms with E-state index in [2.05, 4.69) is 27.0 Å². The number of nitrogens with zero attached hydrogens (tertiary/aromatic N) is 4. The van der Waals surface area contributed by atoms with Crippen LogP contribution in [0.1, 0.15) is 18.2 Å². The second kappa shape index (κ2) is 4.24. The molecule has 1 aromatic heterocycles. The number of anilines is 1. The van der Waals surface area contributed by atoms with Gasteiger partial charge in [0.2, 0.25) is 5.89 Å². The Balaban J connectivity index is 1.65. The molecule has 1 saturated heterocycles. The molecule has 2 fully saturated rings. The summed E-state index contributed by atoms with van der Waals surface area (Å²) in [5, 5.41) is 12.8. The fraction of sp³-hybridized carbons (Fsp3) is 0.727. The minimum Gasteiger partial charge on any atom is -0.481 e. The number of rotatable bonds is 3. The number of hydrogen-bond donors (Lipinski definition) is 1. The lowest BCUT2D eigenvalue weighted by atomic mass is 10.3. The third-order valence-corrected chi connectivity index (χ3v) is 3.64. The van der Waals surface area contributed by atoms with E-state index in [9.17, 15) is 4.79 Å². The predicted molar refractivity (Wildman–Crippen MR) is 62.5 cm³/mol. The second-order valence-corrected chi connectivity index (χ2v) is 5.01. The molecule has 3 rings (SSSR count). The number of carbonyl (C=O) groups is 1. The summed E-state index contributed by atoms with van der Waals surface area (Å²) in [6, 6.07) is 0. The van der Waals surface area contributed by atoms with Gasteiger partial charge in [0.25, 0.3) is 5.95 Å². The summed E-state index contributed by atoms with van der Waals surface area (Å²) < 4.78 is 5.17. The van der Waals surface area contributed by atoms with Crippen LogP contribution in [0.4, 0.5) is 5.95 Å². The molecule has 1 aliphatic carbocycles. The normalized spacial score (nSPS) is 28.4. The maximum atomic E-state index is 10.8. The van der Waals surface area contributed by atoms with E-state index in [0.29, 0.717) is 18.3 Å². The van der Waals surface area contributed by atoms with Crippen LogP contribution in [0.25, 0.3) is 0 Å². The van der Waals surface area contributed by atoms with Gasteiger partial charge in [-0.25, -0.2) is 0 Å². The van der Waals surface area contributed by atoms with E-state index in [-0.39, 0.29) is 11.8 Å². The molecule has 7 heteroatoms. The minimum absolute atomic E-state index is 0.0868. The van der Waals surface area contributed by atoms with Gasteiger partial charge in [-0.05, 0) is 18.6 Å². The summed E-state index contributed by atoms with van der Waals surface area (Å²) >= 11 is 0. The Morgan fingerprint density at radius 2 is 2.11 bits per heavy atom. The molecule has 1 saturated carbocycles. The number of piperazine rings is 1. The lowest BCUT2D eigenvalue weighted by Crippen LogP contribution is -2.44. The average Bonchev–Trinajstić information content (AvgIpc) is 3.02. The standard InChI is InChI=1S/C11H16N4O3/c1-14-2-4-15(5-3-14)11-12-9(18-13-11)7-6-8(7)10(16)17/h7-8H,2-6H2,1H3,(H,16,17). The minimum atomic E-state index is -0.778. The van der Waals surface area contributed by atoms with Gasteiger partial charge in [0.1, 0.15) is 0 Å². The van der Waals surface area contributed by atoms with E-state index in [1.807, 2.05) is 0 Å². The van der Waals surface area contributed by atoms with Crippen molar-refractivity contribution in [3.63, 3.8) is 0 Å². The molecule has 0 radical (unpaired) electrons. The maximum Gasteiger partial charge on any atom is 0.307 e. The Labute approximate surface area is 104 Å². The number of carboxylic acid groups (broad SMARTS) is 1. The first kappa shape index (κ1) is 11.5. The maximum absolute atomic E-state index is 10.8. The van der Waals surface area contributed by atoms with Crippen molar-refractivity contribution in [3.8, 4) is 0 Å². The number of hydrogen-bond acceptors (Lipinski definition) is 6. The van der Waals surface area contributed by atoms with E-state index >= 15 is 0 Å². The molecule has 0 bridgehead atoms. The molecule has 98 valence electrons. The van der Waals surface area contributed by atoms with Crippen LogP contribution in [0.3, 0.4) is 0 Å². The zero-order valence-corrected chi connectivity index (χ0v) is 10.2. The Kier molecular flexibility index (Phi) is 2.70. The summed E-state index contributed by atoms with van der Waals surface area (Å²) in [6.07, 6.45) is 0.611. The van der Waals surface area contributed by atoms with E-state index in [1.54, 1.807) is 0 Å². The SMILES string of the molecule is CN1CCN(c2noc(C3CC3C(=O)O)n2)CC1. The zero-order chi connectivity index (χ0) is 12.7. The van der Waals surface area contributed by atoms with Crippen LogP contribution in [0, 0.1) is 5.92 Å². The fourth-order valence-electron chi connectivity index (χ4n) is 2.25. The lowest BCUT2D eigenvalue weighted by Gasteiger charge is -2.31. The van der Waals surface area contributed by atoms with Crippen molar-refractivity contribution in [2.75, 3.05) is 38.1 Å². The third kappa shape index (κ3) is 2.05. The molecule has 0 aromatic carbocycles. The largest absolute Gasteiger partial charge is 0.481 e. The third-order valence-electron chi connectivity index (χ3n) is 3.64. The number of carboxylic acids is 1. The summed E-state index contributed by atoms with van der Waals surface area (Å²) in [4.78, 5) is 19.4. The summed E-state index contributed by atoms with van der Waals surface area (Å²) in [6.45, 7) is 3.71. The van der Waals surface area contributed by atoms with Gasteiger partial charge in [-0.2, -0.15) is 4.98 Å². The van der Waals surface area contributed by atoms with E-state index < -0.39 is 5.97 Å². The molecule has 1 N–H and O–H groups in total. The van der Waals surface area contributed by atoms with E-state index in [1.165, 1.54) is 0 Å². The van der Waals surface area contributed by atoms with Crippen LogP contribution >= 0.6 is 0 Å². The molecule has 1 aromatic rings. The monoisotopic (exact) mass is 252 g/mol. The number of likely N-dealkylation sites (N-methyl/N-ethyl adjacent to an activating group) is 1. The molecule has 0 spiro atoms. The zero-order valence-electron chi connectivity index (χ0n) is 10.2. The van der Waals surface area contributed by atoms with Crippen LogP contribution in [-0.4, -0.2) is 59.3 Å². The van der Waals surface area contributed by atoms with Gasteiger partial charge in [0.15, 0.2) is 0 Å². The molecule has 2 unspecified atom stereocenters. The Hall–Kier alpha value is -1.63. The van der Waals surface area contributed by atoms with Crippen molar-refractivity contribution >= 4 is 11.9 Å². The predicted octanol–water partition coefficient (Wildman–Crippen LogP) is 0.00950. The molecular weight excluding hydrogens is 236 g/mol. The van der Waals surface area contributed by atoms with Crippen molar-refractivity contribution in [2.24, 2.45) is 5.92 Å². The summed E-state index contributed by atoms with van der Waals surface area (Å²) in [7, 11) is 2.08. The van der Waals surface area contributed by atoms with Gasteiger partial charge in [-0.15, -0.1) is 0 Å². The highest BCUT2D eigenvalue weighted by atomic mass is 16.5. The van der Waals surface area contributed by atoms with Gasteiger partial charge >= 0.3 is 5.97 Å². The first-order chi connectivity index (χ1) is 8.65. The fourth-order valence-corrected chi connectivity index (χ4v) is 2.25. The van der Waals surface area contributed by atoms with Crippen LogP contribution in [0.15, 0.2) is 4.52 Å². The van der Waals surface area contributed by atoms with Crippen LogP contribution in [0.5, 0.6) is 0 Å². The Morgan fingerprint density at radius 1 is 1.39 bits per heavy atom.